The van der Waals surface area contributed by atoms with E-state index in [1.54, 1.807) is 6.20 Å². The number of ether oxygens (including phenoxy) is 1. The largest absolute Gasteiger partial charge is 0.444 e. The van der Waals surface area contributed by atoms with Crippen LogP contribution in [0.3, 0.4) is 0 Å². The van der Waals surface area contributed by atoms with E-state index in [1.165, 1.54) is 6.39 Å². The van der Waals surface area contributed by atoms with Gasteiger partial charge in [0, 0.05) is 17.9 Å². The van der Waals surface area contributed by atoms with E-state index in [0.29, 0.717) is 6.04 Å². The molecule has 4 heteroatoms. The lowest BCUT2D eigenvalue weighted by Gasteiger charge is -2.17. The van der Waals surface area contributed by atoms with Crippen LogP contribution in [0.4, 0.5) is 5.69 Å². The molecule has 18 heavy (non-hydrogen) atoms. The van der Waals surface area contributed by atoms with Crippen molar-refractivity contribution in [3.05, 3.63) is 36.9 Å². The summed E-state index contributed by atoms with van der Waals surface area (Å²) in [5, 5.41) is 3.49. The Labute approximate surface area is 106 Å². The van der Waals surface area contributed by atoms with Crippen LogP contribution in [0.5, 0.6) is 0 Å². The van der Waals surface area contributed by atoms with E-state index < -0.39 is 0 Å². The van der Waals surface area contributed by atoms with E-state index in [0.717, 1.165) is 30.0 Å². The quantitative estimate of drug-likeness (QED) is 0.901. The fraction of sp³-hybridized carbons (Fsp3) is 0.357. The second-order valence-electron chi connectivity index (χ2n) is 4.56. The molecule has 2 heterocycles. The maximum atomic E-state index is 5.53. The van der Waals surface area contributed by atoms with E-state index in [-0.39, 0.29) is 6.10 Å². The van der Waals surface area contributed by atoms with Gasteiger partial charge in [0.25, 0.3) is 0 Å². The smallest absolute Gasteiger partial charge is 0.181 e. The van der Waals surface area contributed by atoms with Crippen molar-refractivity contribution in [1.82, 2.24) is 4.98 Å². The minimum Gasteiger partial charge on any atom is -0.444 e. The molecule has 0 amide bonds. The van der Waals surface area contributed by atoms with Crippen LogP contribution in [0, 0.1) is 0 Å². The zero-order valence-corrected chi connectivity index (χ0v) is 10.3. The van der Waals surface area contributed by atoms with Gasteiger partial charge in [-0.15, -0.1) is 0 Å². The summed E-state index contributed by atoms with van der Waals surface area (Å²) in [6, 6.07) is 8.58. The van der Waals surface area contributed by atoms with Crippen molar-refractivity contribution in [2.24, 2.45) is 0 Å². The Kier molecular flexibility index (Phi) is 3.02. The Bertz CT molecular complexity index is 493. The first-order chi connectivity index (χ1) is 8.83. The predicted octanol–water partition coefficient (Wildman–Crippen LogP) is 2.93. The summed E-state index contributed by atoms with van der Waals surface area (Å²) in [6.07, 6.45) is 4.50. The highest BCUT2D eigenvalue weighted by atomic mass is 16.5. The van der Waals surface area contributed by atoms with E-state index in [1.807, 2.05) is 12.1 Å². The van der Waals surface area contributed by atoms with Gasteiger partial charge in [-0.25, -0.2) is 4.98 Å². The van der Waals surface area contributed by atoms with Gasteiger partial charge in [-0.1, -0.05) is 0 Å². The molecule has 1 fully saturated rings. The van der Waals surface area contributed by atoms with Crippen LogP contribution in [0.1, 0.15) is 13.3 Å². The molecular formula is C14H16N2O2. The monoisotopic (exact) mass is 244 g/mol. The number of anilines is 1. The molecule has 1 aromatic heterocycles. The average Bonchev–Trinajstić information content (AvgIpc) is 3.03. The van der Waals surface area contributed by atoms with Gasteiger partial charge >= 0.3 is 0 Å². The van der Waals surface area contributed by atoms with Crippen LogP contribution < -0.4 is 5.32 Å². The fourth-order valence-corrected chi connectivity index (χ4v) is 2.22. The Morgan fingerprint density at radius 2 is 2.11 bits per heavy atom. The van der Waals surface area contributed by atoms with Gasteiger partial charge in [0.05, 0.1) is 18.3 Å². The number of rotatable bonds is 3. The maximum Gasteiger partial charge on any atom is 0.181 e. The van der Waals surface area contributed by atoms with E-state index in [2.05, 4.69) is 29.4 Å². The highest BCUT2D eigenvalue weighted by molar-refractivity contribution is 5.60. The van der Waals surface area contributed by atoms with E-state index >= 15 is 0 Å². The first-order valence-corrected chi connectivity index (χ1v) is 6.20. The minimum atomic E-state index is 0.277. The molecule has 1 aliphatic rings. The van der Waals surface area contributed by atoms with Crippen molar-refractivity contribution >= 4 is 5.69 Å². The van der Waals surface area contributed by atoms with Gasteiger partial charge in [-0.3, -0.25) is 0 Å². The van der Waals surface area contributed by atoms with Gasteiger partial charge in [0.1, 0.15) is 0 Å². The third-order valence-electron chi connectivity index (χ3n) is 3.33. The molecule has 1 aromatic carbocycles. The van der Waals surface area contributed by atoms with E-state index in [9.17, 15) is 0 Å². The van der Waals surface area contributed by atoms with Crippen molar-refractivity contribution < 1.29 is 9.15 Å². The van der Waals surface area contributed by atoms with Gasteiger partial charge in [0.2, 0.25) is 0 Å². The number of benzene rings is 1. The molecule has 1 aliphatic heterocycles. The predicted molar refractivity (Wildman–Crippen MR) is 69.4 cm³/mol. The van der Waals surface area contributed by atoms with Crippen LogP contribution in [0.25, 0.3) is 11.3 Å². The molecule has 2 aromatic rings. The molecule has 0 bridgehead atoms. The van der Waals surface area contributed by atoms with Crippen LogP contribution >= 0.6 is 0 Å². The summed E-state index contributed by atoms with van der Waals surface area (Å²) < 4.78 is 10.8. The third kappa shape index (κ3) is 2.24. The SMILES string of the molecule is CC1OCCC1Nc1ccc(-c2cnco2)cc1. The van der Waals surface area contributed by atoms with Crippen LogP contribution in [-0.4, -0.2) is 23.7 Å². The van der Waals surface area contributed by atoms with Gasteiger partial charge in [0.15, 0.2) is 12.2 Å². The highest BCUT2D eigenvalue weighted by Gasteiger charge is 2.23. The topological polar surface area (TPSA) is 47.3 Å². The Morgan fingerprint density at radius 1 is 1.28 bits per heavy atom. The number of oxazole rings is 1. The number of nitrogens with one attached hydrogen (secondary N) is 1. The van der Waals surface area contributed by atoms with Crippen molar-refractivity contribution in [3.63, 3.8) is 0 Å². The zero-order valence-electron chi connectivity index (χ0n) is 10.3. The molecule has 1 N–H and O–H groups in total. The van der Waals surface area contributed by atoms with Gasteiger partial charge in [-0.05, 0) is 37.6 Å². The molecule has 94 valence electrons. The van der Waals surface area contributed by atoms with Crippen molar-refractivity contribution in [2.75, 3.05) is 11.9 Å². The maximum absolute atomic E-state index is 5.53. The van der Waals surface area contributed by atoms with Gasteiger partial charge < -0.3 is 14.5 Å². The summed E-state index contributed by atoms with van der Waals surface area (Å²) in [4.78, 5) is 3.92. The first kappa shape index (κ1) is 11.3. The van der Waals surface area contributed by atoms with Crippen molar-refractivity contribution in [1.29, 1.82) is 0 Å². The van der Waals surface area contributed by atoms with Crippen LogP contribution in [-0.2, 0) is 4.74 Å². The molecule has 0 aliphatic carbocycles. The Morgan fingerprint density at radius 3 is 2.72 bits per heavy atom. The fourth-order valence-electron chi connectivity index (χ4n) is 2.22. The molecular weight excluding hydrogens is 228 g/mol. The molecule has 0 radical (unpaired) electrons. The molecule has 4 nitrogen and oxygen atoms in total. The summed E-state index contributed by atoms with van der Waals surface area (Å²) >= 11 is 0. The van der Waals surface area contributed by atoms with Crippen LogP contribution in [0.2, 0.25) is 0 Å². The molecule has 2 unspecified atom stereocenters. The molecule has 3 rings (SSSR count). The standard InChI is InChI=1S/C14H16N2O2/c1-10-13(6-7-17-10)16-12-4-2-11(3-5-12)14-8-15-9-18-14/h2-5,8-10,13,16H,6-7H2,1H3. The number of nitrogens with zero attached hydrogens (tertiary/aromatic N) is 1. The summed E-state index contributed by atoms with van der Waals surface area (Å²) in [7, 11) is 0. The van der Waals surface area contributed by atoms with Gasteiger partial charge in [-0.2, -0.15) is 0 Å². The first-order valence-electron chi connectivity index (χ1n) is 6.20. The summed E-state index contributed by atoms with van der Waals surface area (Å²) in [5.41, 5.74) is 2.15. The third-order valence-corrected chi connectivity index (χ3v) is 3.33. The van der Waals surface area contributed by atoms with Crippen LogP contribution in [0.15, 0.2) is 41.3 Å². The number of hydrogen-bond donors (Lipinski definition) is 1. The zero-order chi connectivity index (χ0) is 12.4. The molecule has 1 saturated heterocycles. The summed E-state index contributed by atoms with van der Waals surface area (Å²) in [5.74, 6) is 0.791. The second-order valence-corrected chi connectivity index (χ2v) is 4.56. The van der Waals surface area contributed by atoms with E-state index in [4.69, 9.17) is 9.15 Å². The minimum absolute atomic E-state index is 0.277. The molecule has 0 spiro atoms. The number of hydrogen-bond acceptors (Lipinski definition) is 4. The average molecular weight is 244 g/mol. The summed E-state index contributed by atoms with van der Waals surface area (Å²) in [6.45, 7) is 2.95. The molecule has 0 saturated carbocycles. The van der Waals surface area contributed by atoms with Crippen molar-refractivity contribution in [3.8, 4) is 11.3 Å². The lowest BCUT2D eigenvalue weighted by atomic mass is 10.1. The number of aromatic nitrogens is 1. The molecule has 2 atom stereocenters. The normalized spacial score (nSPS) is 23.2. The lowest BCUT2D eigenvalue weighted by Crippen LogP contribution is -2.26. The lowest BCUT2D eigenvalue weighted by molar-refractivity contribution is 0.121. The van der Waals surface area contributed by atoms with Crippen molar-refractivity contribution in [2.45, 2.75) is 25.5 Å². The highest BCUT2D eigenvalue weighted by Crippen LogP contribution is 2.23. The second kappa shape index (κ2) is 4.82. The Hall–Kier alpha value is -1.81. The Balaban J connectivity index is 1.71.